The van der Waals surface area contributed by atoms with Crippen LogP contribution in [0.5, 0.6) is 0 Å². The number of hydrogen-bond acceptors (Lipinski definition) is 4. The van der Waals surface area contributed by atoms with E-state index in [1.165, 1.54) is 0 Å². The van der Waals surface area contributed by atoms with Gasteiger partial charge in [-0.05, 0) is 50.6 Å². The maximum atomic E-state index is 12.5. The molecule has 0 aromatic carbocycles. The van der Waals surface area contributed by atoms with E-state index in [0.717, 1.165) is 45.2 Å². The monoisotopic (exact) mass is 270 g/mol. The van der Waals surface area contributed by atoms with Crippen LogP contribution in [0.15, 0.2) is 0 Å². The van der Waals surface area contributed by atoms with Crippen molar-refractivity contribution in [3.05, 3.63) is 0 Å². The molecular weight excluding hydrogens is 244 g/mol. The highest BCUT2D eigenvalue weighted by Crippen LogP contribution is 2.48. The number of methoxy groups -OCH3 is 1. The van der Waals surface area contributed by atoms with Crippen molar-refractivity contribution in [1.29, 1.82) is 0 Å². The SMILES string of the molecule is COCC1(C(=O)NCC2(CCO)CC2)CCNCC1. The summed E-state index contributed by atoms with van der Waals surface area (Å²) in [7, 11) is 1.66. The van der Waals surface area contributed by atoms with Crippen molar-refractivity contribution < 1.29 is 14.6 Å². The lowest BCUT2D eigenvalue weighted by molar-refractivity contribution is -0.136. The van der Waals surface area contributed by atoms with Crippen LogP contribution in [0.1, 0.15) is 32.1 Å². The van der Waals surface area contributed by atoms with E-state index in [-0.39, 0.29) is 23.3 Å². The van der Waals surface area contributed by atoms with Gasteiger partial charge in [-0.15, -0.1) is 0 Å². The molecule has 1 saturated heterocycles. The Bertz CT molecular complexity index is 304. The Labute approximate surface area is 115 Å². The van der Waals surface area contributed by atoms with Crippen molar-refractivity contribution in [3.63, 3.8) is 0 Å². The molecule has 1 aliphatic heterocycles. The van der Waals surface area contributed by atoms with Gasteiger partial charge in [0.1, 0.15) is 0 Å². The predicted octanol–water partition coefficient (Wildman–Crippen LogP) is 0.281. The lowest BCUT2D eigenvalue weighted by Crippen LogP contribution is -2.51. The first kappa shape index (κ1) is 14.8. The number of aliphatic hydroxyl groups is 1. The number of hydrogen-bond donors (Lipinski definition) is 3. The van der Waals surface area contributed by atoms with E-state index in [0.29, 0.717) is 13.2 Å². The quantitative estimate of drug-likeness (QED) is 0.621. The number of aliphatic hydroxyl groups excluding tert-OH is 1. The van der Waals surface area contributed by atoms with Crippen LogP contribution in [0, 0.1) is 10.8 Å². The summed E-state index contributed by atoms with van der Waals surface area (Å²) in [4.78, 5) is 12.5. The molecule has 0 unspecified atom stereocenters. The van der Waals surface area contributed by atoms with E-state index in [1.54, 1.807) is 7.11 Å². The van der Waals surface area contributed by atoms with E-state index < -0.39 is 0 Å². The second kappa shape index (κ2) is 6.20. The van der Waals surface area contributed by atoms with Crippen LogP contribution in [0.4, 0.5) is 0 Å². The first-order valence-electron chi connectivity index (χ1n) is 7.25. The van der Waals surface area contributed by atoms with Gasteiger partial charge < -0.3 is 20.5 Å². The minimum Gasteiger partial charge on any atom is -0.396 e. The third kappa shape index (κ3) is 3.46. The molecule has 2 rings (SSSR count). The van der Waals surface area contributed by atoms with Gasteiger partial charge in [-0.25, -0.2) is 0 Å². The second-order valence-electron chi connectivity index (χ2n) is 6.12. The average Bonchev–Trinajstić information content (AvgIpc) is 3.18. The molecule has 2 aliphatic rings. The van der Waals surface area contributed by atoms with Crippen LogP contribution < -0.4 is 10.6 Å². The number of ether oxygens (including phenoxy) is 1. The Morgan fingerprint density at radius 2 is 2.00 bits per heavy atom. The number of piperidine rings is 1. The molecule has 5 nitrogen and oxygen atoms in total. The molecule has 1 saturated carbocycles. The number of rotatable bonds is 7. The van der Waals surface area contributed by atoms with Crippen molar-refractivity contribution in [3.8, 4) is 0 Å². The van der Waals surface area contributed by atoms with E-state index >= 15 is 0 Å². The fourth-order valence-electron chi connectivity index (χ4n) is 3.00. The van der Waals surface area contributed by atoms with E-state index in [4.69, 9.17) is 9.84 Å². The van der Waals surface area contributed by atoms with Gasteiger partial charge in [-0.2, -0.15) is 0 Å². The van der Waals surface area contributed by atoms with Crippen LogP contribution in [0.2, 0.25) is 0 Å². The molecule has 3 N–H and O–H groups in total. The molecule has 0 spiro atoms. The second-order valence-corrected chi connectivity index (χ2v) is 6.12. The summed E-state index contributed by atoms with van der Waals surface area (Å²) in [5.41, 5.74) is -0.194. The van der Waals surface area contributed by atoms with Gasteiger partial charge in [0, 0.05) is 20.3 Å². The third-order valence-electron chi connectivity index (χ3n) is 4.69. The highest BCUT2D eigenvalue weighted by atomic mass is 16.5. The van der Waals surface area contributed by atoms with Crippen LogP contribution in [-0.2, 0) is 9.53 Å². The third-order valence-corrected chi connectivity index (χ3v) is 4.69. The Morgan fingerprint density at radius 3 is 2.53 bits per heavy atom. The molecule has 1 heterocycles. The van der Waals surface area contributed by atoms with Gasteiger partial charge in [0.25, 0.3) is 0 Å². The summed E-state index contributed by atoms with van der Waals surface area (Å²) in [6.07, 6.45) is 4.70. The van der Waals surface area contributed by atoms with E-state index in [2.05, 4.69) is 10.6 Å². The topological polar surface area (TPSA) is 70.6 Å². The molecular formula is C14H26N2O3. The molecule has 0 radical (unpaired) electrons. The van der Waals surface area contributed by atoms with Gasteiger partial charge in [0.2, 0.25) is 5.91 Å². The summed E-state index contributed by atoms with van der Waals surface area (Å²) < 4.78 is 5.27. The summed E-state index contributed by atoms with van der Waals surface area (Å²) >= 11 is 0. The lowest BCUT2D eigenvalue weighted by Gasteiger charge is -2.36. The predicted molar refractivity (Wildman–Crippen MR) is 72.8 cm³/mol. The van der Waals surface area contributed by atoms with Crippen molar-refractivity contribution in [2.75, 3.05) is 40.0 Å². The fraction of sp³-hybridized carbons (Fsp3) is 0.929. The first-order valence-corrected chi connectivity index (χ1v) is 7.25. The van der Waals surface area contributed by atoms with Gasteiger partial charge in [-0.1, -0.05) is 0 Å². The van der Waals surface area contributed by atoms with E-state index in [9.17, 15) is 4.79 Å². The highest BCUT2D eigenvalue weighted by Gasteiger charge is 2.44. The summed E-state index contributed by atoms with van der Waals surface area (Å²) in [5.74, 6) is 0.125. The van der Waals surface area contributed by atoms with Crippen LogP contribution in [0.3, 0.4) is 0 Å². The lowest BCUT2D eigenvalue weighted by atomic mass is 9.78. The van der Waals surface area contributed by atoms with E-state index in [1.807, 2.05) is 0 Å². The van der Waals surface area contributed by atoms with Crippen LogP contribution in [-0.4, -0.2) is 51.0 Å². The van der Waals surface area contributed by atoms with Crippen molar-refractivity contribution >= 4 is 5.91 Å². The normalized spacial score (nSPS) is 23.9. The standard InChI is InChI=1S/C14H26N2O3/c1-19-11-14(4-7-15-8-5-14)12(18)16-10-13(2-3-13)6-9-17/h15,17H,2-11H2,1H3,(H,16,18). The Hall–Kier alpha value is -0.650. The minimum atomic E-state index is -0.366. The fourth-order valence-corrected chi connectivity index (χ4v) is 3.00. The highest BCUT2D eigenvalue weighted by molar-refractivity contribution is 5.83. The zero-order chi connectivity index (χ0) is 13.8. The Morgan fingerprint density at radius 1 is 1.32 bits per heavy atom. The summed E-state index contributed by atoms with van der Waals surface area (Å²) in [6, 6.07) is 0. The molecule has 1 amide bonds. The Balaban J connectivity index is 1.89. The van der Waals surface area contributed by atoms with Crippen molar-refractivity contribution in [1.82, 2.24) is 10.6 Å². The molecule has 19 heavy (non-hydrogen) atoms. The Kier molecular flexibility index (Phi) is 4.81. The zero-order valence-corrected chi connectivity index (χ0v) is 11.8. The summed E-state index contributed by atoms with van der Waals surface area (Å²) in [6.45, 7) is 3.15. The smallest absolute Gasteiger partial charge is 0.228 e. The molecule has 1 aliphatic carbocycles. The minimum absolute atomic E-state index is 0.125. The molecule has 5 heteroatoms. The molecule has 2 fully saturated rings. The largest absolute Gasteiger partial charge is 0.396 e. The van der Waals surface area contributed by atoms with Gasteiger partial charge in [0.05, 0.1) is 12.0 Å². The molecule has 0 bridgehead atoms. The van der Waals surface area contributed by atoms with Crippen LogP contribution >= 0.6 is 0 Å². The number of amides is 1. The maximum Gasteiger partial charge on any atom is 0.228 e. The van der Waals surface area contributed by atoms with Crippen LogP contribution in [0.25, 0.3) is 0 Å². The zero-order valence-electron chi connectivity index (χ0n) is 11.8. The molecule has 0 aromatic rings. The van der Waals surface area contributed by atoms with Gasteiger partial charge >= 0.3 is 0 Å². The van der Waals surface area contributed by atoms with Crippen molar-refractivity contribution in [2.45, 2.75) is 32.1 Å². The first-order chi connectivity index (χ1) is 9.16. The molecule has 0 atom stereocenters. The number of nitrogens with one attached hydrogen (secondary N) is 2. The average molecular weight is 270 g/mol. The summed E-state index contributed by atoms with van der Waals surface area (Å²) in [5, 5.41) is 15.4. The van der Waals surface area contributed by atoms with Gasteiger partial charge in [-0.3, -0.25) is 4.79 Å². The van der Waals surface area contributed by atoms with Gasteiger partial charge in [0.15, 0.2) is 0 Å². The maximum absolute atomic E-state index is 12.5. The number of carbonyl (C=O) groups is 1. The number of carbonyl (C=O) groups excluding carboxylic acids is 1. The molecule has 0 aromatic heterocycles. The van der Waals surface area contributed by atoms with Crippen molar-refractivity contribution in [2.24, 2.45) is 10.8 Å². The molecule has 110 valence electrons.